The number of aromatic nitrogens is 4. The van der Waals surface area contributed by atoms with Gasteiger partial charge in [-0.15, -0.1) is 0 Å². The molecule has 4 aromatic heterocycles. The molecule has 0 radical (unpaired) electrons. The second kappa shape index (κ2) is 14.7. The van der Waals surface area contributed by atoms with Crippen molar-refractivity contribution in [3.05, 3.63) is 218 Å². The highest BCUT2D eigenvalue weighted by Gasteiger charge is 2.20. The maximum Gasteiger partial charge on any atom is 0.164 e. The number of fused-ring (bicyclic) bond motifs is 10. The first-order chi connectivity index (χ1) is 33.2. The van der Waals surface area contributed by atoms with E-state index in [1.807, 2.05) is 66.7 Å². The van der Waals surface area contributed by atoms with Gasteiger partial charge in [0.05, 0.1) is 11.0 Å². The molecule has 14 aromatic rings. The van der Waals surface area contributed by atoms with Gasteiger partial charge in [-0.1, -0.05) is 152 Å². The maximum atomic E-state index is 6.32. The van der Waals surface area contributed by atoms with Crippen LogP contribution >= 0.6 is 0 Å². The van der Waals surface area contributed by atoms with Gasteiger partial charge in [-0.25, -0.2) is 15.0 Å². The zero-order valence-electron chi connectivity index (χ0n) is 35.9. The summed E-state index contributed by atoms with van der Waals surface area (Å²) in [5.41, 5.74) is 13.8. The van der Waals surface area contributed by atoms with Crippen molar-refractivity contribution in [3.8, 4) is 62.1 Å². The molecule has 0 saturated carbocycles. The van der Waals surface area contributed by atoms with Crippen molar-refractivity contribution >= 4 is 76.5 Å². The highest BCUT2D eigenvalue weighted by Crippen LogP contribution is 2.42. The fourth-order valence-corrected chi connectivity index (χ4v) is 10.0. The number of para-hydroxylation sites is 3. The number of nitrogens with zero attached hydrogens (tertiary/aromatic N) is 4. The van der Waals surface area contributed by atoms with Gasteiger partial charge in [0.25, 0.3) is 0 Å². The van der Waals surface area contributed by atoms with Crippen LogP contribution in [0.3, 0.4) is 0 Å². The van der Waals surface area contributed by atoms with E-state index in [0.29, 0.717) is 17.5 Å². The zero-order chi connectivity index (χ0) is 44.0. The fourth-order valence-electron chi connectivity index (χ4n) is 10.0. The van der Waals surface area contributed by atoms with Crippen LogP contribution in [0.25, 0.3) is 139 Å². The Hall–Kier alpha value is -9.13. The van der Waals surface area contributed by atoms with Gasteiger partial charge in [0.1, 0.15) is 22.3 Å². The van der Waals surface area contributed by atoms with Crippen molar-refractivity contribution in [1.29, 1.82) is 0 Å². The highest BCUT2D eigenvalue weighted by atomic mass is 16.3. The Labute approximate surface area is 383 Å². The first-order valence-corrected chi connectivity index (χ1v) is 22.5. The number of hydrogen-bond acceptors (Lipinski definition) is 5. The molecular formula is C61H36N4O2. The minimum Gasteiger partial charge on any atom is -0.456 e. The Bertz CT molecular complexity index is 4290. The van der Waals surface area contributed by atoms with Crippen LogP contribution in [-0.4, -0.2) is 19.5 Å². The summed E-state index contributed by atoms with van der Waals surface area (Å²) in [5, 5.41) is 9.11. The van der Waals surface area contributed by atoms with E-state index in [4.69, 9.17) is 23.8 Å². The van der Waals surface area contributed by atoms with E-state index in [2.05, 4.69) is 156 Å². The van der Waals surface area contributed by atoms with Crippen molar-refractivity contribution in [3.63, 3.8) is 0 Å². The SMILES string of the molecule is c1ccc(-c2nc(-c3cccc(-n4c5cc6ccccc6cc5c5cccc(-c6cccc(-c7ccc8c(c7)oc7ccccc78)c6)c54)c3)nc(-c3ccc4c(c3)oc3ccccc34)n2)cc1. The van der Waals surface area contributed by atoms with Gasteiger partial charge in [-0.3, -0.25) is 0 Å². The predicted molar refractivity (Wildman–Crippen MR) is 273 cm³/mol. The summed E-state index contributed by atoms with van der Waals surface area (Å²) in [6.07, 6.45) is 0. The van der Waals surface area contributed by atoms with Gasteiger partial charge in [-0.2, -0.15) is 0 Å². The minimum absolute atomic E-state index is 0.571. The van der Waals surface area contributed by atoms with Crippen LogP contribution in [0.15, 0.2) is 227 Å². The maximum absolute atomic E-state index is 6.32. The van der Waals surface area contributed by atoms with Crippen LogP contribution < -0.4 is 0 Å². The average Bonchev–Trinajstić information content (AvgIpc) is 4.07. The summed E-state index contributed by atoms with van der Waals surface area (Å²) in [5.74, 6) is 1.75. The quantitative estimate of drug-likeness (QED) is 0.167. The lowest BCUT2D eigenvalue weighted by Crippen LogP contribution is -2.01. The first-order valence-electron chi connectivity index (χ1n) is 22.5. The molecule has 67 heavy (non-hydrogen) atoms. The summed E-state index contributed by atoms with van der Waals surface area (Å²) in [6, 6.07) is 76.6. The molecule has 4 heterocycles. The summed E-state index contributed by atoms with van der Waals surface area (Å²) >= 11 is 0. The largest absolute Gasteiger partial charge is 0.456 e. The number of rotatable bonds is 6. The molecule has 312 valence electrons. The van der Waals surface area contributed by atoms with Crippen molar-refractivity contribution in [2.75, 3.05) is 0 Å². The third-order valence-corrected chi connectivity index (χ3v) is 13.2. The summed E-state index contributed by atoms with van der Waals surface area (Å²) in [6.45, 7) is 0. The van der Waals surface area contributed by atoms with Crippen molar-refractivity contribution in [2.45, 2.75) is 0 Å². The molecular weight excluding hydrogens is 821 g/mol. The molecule has 0 amide bonds. The molecule has 0 aliphatic carbocycles. The Balaban J connectivity index is 0.954. The Morgan fingerprint density at radius 1 is 0.299 bits per heavy atom. The molecule has 0 aliphatic heterocycles. The van der Waals surface area contributed by atoms with Crippen molar-refractivity contribution in [2.24, 2.45) is 0 Å². The number of hydrogen-bond donors (Lipinski definition) is 0. The molecule has 6 heteroatoms. The van der Waals surface area contributed by atoms with Gasteiger partial charge in [0.2, 0.25) is 0 Å². The van der Waals surface area contributed by atoms with Crippen LogP contribution in [0.5, 0.6) is 0 Å². The third kappa shape index (κ3) is 6.08. The van der Waals surface area contributed by atoms with E-state index < -0.39 is 0 Å². The average molecular weight is 857 g/mol. The Morgan fingerprint density at radius 3 is 1.55 bits per heavy atom. The second-order valence-electron chi connectivity index (χ2n) is 17.2. The summed E-state index contributed by atoms with van der Waals surface area (Å²) < 4.78 is 15.1. The second-order valence-corrected chi connectivity index (χ2v) is 17.2. The molecule has 0 unspecified atom stereocenters. The van der Waals surface area contributed by atoms with E-state index in [1.165, 1.54) is 21.5 Å². The van der Waals surface area contributed by atoms with E-state index in [1.54, 1.807) is 0 Å². The van der Waals surface area contributed by atoms with E-state index in [-0.39, 0.29) is 0 Å². The standard InChI is InChI=1S/C61H36N4O2/c1-2-13-37(14-3-1)59-62-60(64-61(63-59)44-28-30-50-48-22-7-9-26-55(48)67-57(50)36-44)43-19-11-20-45(32-43)65-53-34-40-16-5-4-15-39(40)33-52(53)51-24-12-23-46(58(51)65)42-18-10-17-38(31-42)41-27-29-49-47-21-6-8-25-54(47)66-56(49)35-41/h1-36H. The lowest BCUT2D eigenvalue weighted by molar-refractivity contribution is 0.668. The zero-order valence-corrected chi connectivity index (χ0v) is 35.9. The van der Waals surface area contributed by atoms with Crippen LogP contribution in [0.4, 0.5) is 0 Å². The van der Waals surface area contributed by atoms with Crippen molar-refractivity contribution in [1.82, 2.24) is 19.5 Å². The first kappa shape index (κ1) is 37.3. The molecule has 0 atom stereocenters. The fraction of sp³-hybridized carbons (Fsp3) is 0. The van der Waals surface area contributed by atoms with Crippen LogP contribution in [0, 0.1) is 0 Å². The topological polar surface area (TPSA) is 69.9 Å². The molecule has 0 N–H and O–H groups in total. The van der Waals surface area contributed by atoms with Crippen molar-refractivity contribution < 1.29 is 8.83 Å². The lowest BCUT2D eigenvalue weighted by atomic mass is 9.96. The minimum atomic E-state index is 0.571. The van der Waals surface area contributed by atoms with Crippen LogP contribution in [0.2, 0.25) is 0 Å². The van der Waals surface area contributed by atoms with Gasteiger partial charge < -0.3 is 13.4 Å². The molecule has 0 saturated heterocycles. The monoisotopic (exact) mass is 856 g/mol. The van der Waals surface area contributed by atoms with Gasteiger partial charge >= 0.3 is 0 Å². The number of benzene rings is 10. The van der Waals surface area contributed by atoms with E-state index >= 15 is 0 Å². The van der Waals surface area contributed by atoms with Gasteiger partial charge in [-0.05, 0) is 94.2 Å². The predicted octanol–water partition coefficient (Wildman–Crippen LogP) is 16.3. The molecule has 14 rings (SSSR count). The summed E-state index contributed by atoms with van der Waals surface area (Å²) in [4.78, 5) is 15.4. The van der Waals surface area contributed by atoms with Crippen LogP contribution in [0.1, 0.15) is 0 Å². The Kier molecular flexibility index (Phi) is 8.18. The summed E-state index contributed by atoms with van der Waals surface area (Å²) in [7, 11) is 0. The molecule has 0 fully saturated rings. The van der Waals surface area contributed by atoms with Crippen LogP contribution in [-0.2, 0) is 0 Å². The molecule has 10 aromatic carbocycles. The van der Waals surface area contributed by atoms with E-state index in [9.17, 15) is 0 Å². The van der Waals surface area contributed by atoms with E-state index in [0.717, 1.165) is 99.5 Å². The number of furan rings is 2. The molecule has 0 aliphatic rings. The molecule has 0 bridgehead atoms. The highest BCUT2D eigenvalue weighted by molar-refractivity contribution is 6.17. The molecule has 0 spiro atoms. The molecule has 6 nitrogen and oxygen atoms in total. The van der Waals surface area contributed by atoms with Gasteiger partial charge in [0.15, 0.2) is 17.5 Å². The third-order valence-electron chi connectivity index (χ3n) is 13.2. The van der Waals surface area contributed by atoms with Gasteiger partial charge in [0, 0.05) is 60.3 Å². The normalized spacial score (nSPS) is 11.9. The Morgan fingerprint density at radius 2 is 0.806 bits per heavy atom. The lowest BCUT2D eigenvalue weighted by Gasteiger charge is -2.14. The smallest absolute Gasteiger partial charge is 0.164 e.